The number of hydrogen-bond acceptors (Lipinski definition) is 5. The maximum absolute atomic E-state index is 13.2. The summed E-state index contributed by atoms with van der Waals surface area (Å²) in [5.41, 5.74) is 1.13. The van der Waals surface area contributed by atoms with Crippen molar-refractivity contribution in [2.75, 3.05) is 18.4 Å². The van der Waals surface area contributed by atoms with Gasteiger partial charge in [-0.15, -0.1) is 5.48 Å². The highest BCUT2D eigenvalue weighted by Crippen LogP contribution is 2.23. The van der Waals surface area contributed by atoms with Gasteiger partial charge in [0.25, 0.3) is 5.91 Å². The number of quaternary nitrogens is 1. The van der Waals surface area contributed by atoms with Crippen molar-refractivity contribution in [3.63, 3.8) is 0 Å². The monoisotopic (exact) mass is 384 g/mol. The van der Waals surface area contributed by atoms with E-state index < -0.39 is 22.1 Å². The molecule has 4 N–H and O–H groups in total. The molecule has 1 aliphatic rings. The number of anilines is 1. The van der Waals surface area contributed by atoms with Crippen LogP contribution in [0.5, 0.6) is 0 Å². The first-order valence-corrected chi connectivity index (χ1v) is 9.47. The lowest BCUT2D eigenvalue weighted by Gasteiger charge is -2.27. The summed E-state index contributed by atoms with van der Waals surface area (Å²) in [6, 6.07) is 8.56. The Morgan fingerprint density at radius 3 is 2.42 bits per heavy atom. The molecule has 8 nitrogen and oxygen atoms in total. The van der Waals surface area contributed by atoms with Gasteiger partial charge >= 0.3 is 5.88 Å². The molecule has 1 aromatic heterocycles. The minimum Gasteiger partial charge on any atom is -0.405 e. The van der Waals surface area contributed by atoms with Gasteiger partial charge in [0.2, 0.25) is 10.0 Å². The number of carbonyl (C=O) groups is 1. The van der Waals surface area contributed by atoms with Gasteiger partial charge in [-0.2, -0.15) is 4.31 Å². The number of hydrogen-bond donors (Lipinski definition) is 3. The minimum atomic E-state index is -3.68. The van der Waals surface area contributed by atoms with E-state index in [2.05, 4.69) is 5.32 Å². The molecule has 0 saturated carbocycles. The number of furan rings is 1. The Morgan fingerprint density at radius 1 is 1.19 bits per heavy atom. The summed E-state index contributed by atoms with van der Waals surface area (Å²) in [6.45, 7) is 0.315. The number of alkyl halides is 1. The number of nitrogens with zero attached hydrogens (tertiary/aromatic N) is 1. The Morgan fingerprint density at radius 2 is 1.85 bits per heavy atom. The fourth-order valence-electron chi connectivity index (χ4n) is 2.66. The number of piperidine rings is 1. The molecule has 0 radical (unpaired) electrons. The van der Waals surface area contributed by atoms with Crippen LogP contribution in [0.15, 0.2) is 45.7 Å². The van der Waals surface area contributed by atoms with Crippen LogP contribution in [-0.4, -0.2) is 43.1 Å². The first kappa shape index (κ1) is 18.5. The maximum atomic E-state index is 13.2. The summed E-state index contributed by atoms with van der Waals surface area (Å²) < 4.78 is 44.7. The van der Waals surface area contributed by atoms with Crippen molar-refractivity contribution in [3.05, 3.63) is 42.2 Å². The summed E-state index contributed by atoms with van der Waals surface area (Å²) in [4.78, 5) is 12.1. The molecule has 1 fully saturated rings. The number of sulfonamides is 1. The highest BCUT2D eigenvalue weighted by atomic mass is 32.2. The van der Waals surface area contributed by atoms with Crippen LogP contribution in [0.3, 0.4) is 0 Å². The van der Waals surface area contributed by atoms with Crippen LogP contribution in [0.2, 0.25) is 0 Å². The zero-order chi connectivity index (χ0) is 18.7. The standard InChI is InChI=1S/C16H18FN3O5S/c17-11-7-9-20(10-8-11)26(23,24)13-3-1-12(2-4-13)18-16(21)14-5-6-15(19-22)25-14/h1-6,11,19,22H,7-10H2,(H,18,21)/p+1. The van der Waals surface area contributed by atoms with Crippen LogP contribution in [0.25, 0.3) is 0 Å². The smallest absolute Gasteiger partial charge is 0.326 e. The highest BCUT2D eigenvalue weighted by molar-refractivity contribution is 7.89. The third-order valence-corrected chi connectivity index (χ3v) is 6.02. The van der Waals surface area contributed by atoms with Crippen molar-refractivity contribution in [3.8, 4) is 0 Å². The van der Waals surface area contributed by atoms with E-state index in [1.807, 2.05) is 0 Å². The molecule has 10 heteroatoms. The van der Waals surface area contributed by atoms with Gasteiger partial charge in [0, 0.05) is 24.8 Å². The first-order valence-electron chi connectivity index (χ1n) is 8.03. The van der Waals surface area contributed by atoms with E-state index in [4.69, 9.17) is 9.62 Å². The Hall–Kier alpha value is -2.27. The summed E-state index contributed by atoms with van der Waals surface area (Å²) in [5, 5.41) is 11.4. The number of benzene rings is 1. The van der Waals surface area contributed by atoms with E-state index >= 15 is 0 Å². The fraction of sp³-hybridized carbons (Fsp3) is 0.312. The molecule has 0 atom stereocenters. The SMILES string of the molecule is O=C(Nc1ccc(S(=O)(=O)N2CCC(F)CC2)cc1)c1ccc([NH2+]O)o1. The van der Waals surface area contributed by atoms with E-state index in [9.17, 15) is 17.6 Å². The van der Waals surface area contributed by atoms with Gasteiger partial charge in [-0.05, 0) is 43.2 Å². The van der Waals surface area contributed by atoms with Crippen molar-refractivity contribution in [2.45, 2.75) is 23.9 Å². The van der Waals surface area contributed by atoms with Crippen molar-refractivity contribution >= 4 is 27.5 Å². The van der Waals surface area contributed by atoms with Gasteiger partial charge in [0.1, 0.15) is 6.17 Å². The van der Waals surface area contributed by atoms with Gasteiger partial charge in [-0.3, -0.25) is 4.79 Å². The van der Waals surface area contributed by atoms with Gasteiger partial charge < -0.3 is 9.73 Å². The molecule has 0 bridgehead atoms. The molecule has 26 heavy (non-hydrogen) atoms. The Bertz CT molecular complexity index is 874. The van der Waals surface area contributed by atoms with Crippen molar-refractivity contribution in [2.24, 2.45) is 0 Å². The van der Waals surface area contributed by atoms with Crippen molar-refractivity contribution in [1.82, 2.24) is 4.31 Å². The van der Waals surface area contributed by atoms with E-state index in [1.165, 1.54) is 40.7 Å². The highest BCUT2D eigenvalue weighted by Gasteiger charge is 2.29. The zero-order valence-corrected chi connectivity index (χ0v) is 14.6. The lowest BCUT2D eigenvalue weighted by atomic mass is 10.1. The topological polar surface area (TPSA) is 116 Å². The lowest BCUT2D eigenvalue weighted by molar-refractivity contribution is -0.833. The van der Waals surface area contributed by atoms with Gasteiger partial charge in [0.15, 0.2) is 5.76 Å². The number of carbonyl (C=O) groups excluding carboxylic acids is 1. The Labute approximate surface area is 149 Å². The van der Waals surface area contributed by atoms with Crippen molar-refractivity contribution in [1.29, 1.82) is 0 Å². The molecule has 2 aromatic rings. The predicted octanol–water partition coefficient (Wildman–Crippen LogP) is 1.24. The second kappa shape index (κ2) is 7.54. The molecule has 3 rings (SSSR count). The third kappa shape index (κ3) is 3.93. The minimum absolute atomic E-state index is 0.0103. The average molecular weight is 384 g/mol. The number of nitrogens with two attached hydrogens (primary N) is 1. The van der Waals surface area contributed by atoms with Gasteiger partial charge in [-0.25, -0.2) is 18.0 Å². The van der Waals surface area contributed by atoms with Crippen molar-refractivity contribution < 1.29 is 32.7 Å². The quantitative estimate of drug-likeness (QED) is 0.671. The molecule has 1 saturated heterocycles. The molecule has 0 spiro atoms. The van der Waals surface area contributed by atoms with Gasteiger partial charge in [-0.1, -0.05) is 0 Å². The predicted molar refractivity (Wildman–Crippen MR) is 89.4 cm³/mol. The second-order valence-electron chi connectivity index (χ2n) is 5.89. The van der Waals surface area contributed by atoms with Gasteiger partial charge in [0.05, 0.1) is 4.90 Å². The second-order valence-corrected chi connectivity index (χ2v) is 7.83. The Balaban J connectivity index is 1.69. The lowest BCUT2D eigenvalue weighted by Crippen LogP contribution is -2.73. The Kier molecular flexibility index (Phi) is 5.37. The first-order chi connectivity index (χ1) is 12.4. The van der Waals surface area contributed by atoms with E-state index in [0.29, 0.717) is 5.69 Å². The summed E-state index contributed by atoms with van der Waals surface area (Å²) in [5.74, 6) is -0.372. The molecule has 0 unspecified atom stereocenters. The van der Waals surface area contributed by atoms with Crippen LogP contribution in [0.1, 0.15) is 23.4 Å². The van der Waals surface area contributed by atoms with Crippen LogP contribution in [0.4, 0.5) is 16.0 Å². The molecule has 0 aliphatic carbocycles. The summed E-state index contributed by atoms with van der Waals surface area (Å²) in [7, 11) is -3.68. The molecule has 2 heterocycles. The molecule has 1 aromatic carbocycles. The molecule has 140 valence electrons. The van der Waals surface area contributed by atoms with E-state index in [0.717, 1.165) is 5.48 Å². The molecule has 1 aliphatic heterocycles. The molecular formula is C16H19FN3O5S+. The normalized spacial score (nSPS) is 16.5. The van der Waals surface area contributed by atoms with Crippen LogP contribution in [-0.2, 0) is 10.0 Å². The maximum Gasteiger partial charge on any atom is 0.326 e. The van der Waals surface area contributed by atoms with Crippen LogP contribution in [0, 0.1) is 0 Å². The van der Waals surface area contributed by atoms with Crippen LogP contribution >= 0.6 is 0 Å². The molecule has 1 amide bonds. The summed E-state index contributed by atoms with van der Waals surface area (Å²) >= 11 is 0. The zero-order valence-electron chi connectivity index (χ0n) is 13.8. The number of rotatable bonds is 5. The molecular weight excluding hydrogens is 365 g/mol. The van der Waals surface area contributed by atoms with E-state index in [1.54, 1.807) is 0 Å². The summed E-state index contributed by atoms with van der Waals surface area (Å²) in [6.07, 6.45) is -0.558. The third-order valence-electron chi connectivity index (χ3n) is 4.11. The van der Waals surface area contributed by atoms with Crippen LogP contribution < -0.4 is 10.8 Å². The fourth-order valence-corrected chi connectivity index (χ4v) is 4.13. The van der Waals surface area contributed by atoms with E-state index in [-0.39, 0.29) is 42.5 Å². The average Bonchev–Trinajstić information content (AvgIpc) is 3.12. The number of nitrogens with one attached hydrogen (secondary N) is 1. The number of amides is 1. The largest absolute Gasteiger partial charge is 0.405 e. The number of halogens is 1.